The summed E-state index contributed by atoms with van der Waals surface area (Å²) in [5.41, 5.74) is -0.690. The Hall–Kier alpha value is -0.320. The SMILES string of the molecule is CO[C@](C)(C[C@@H](C)CI)[C@H](O[C@@H]1O[C@H](C)CC(N(C)C)[C@H]1P=O)[C@@H](C)C1=C(C)C(=O)OC(C)(C)O1. The number of nitrogens with zero attached hydrogens (tertiary/aromatic N) is 1. The van der Waals surface area contributed by atoms with Crippen LogP contribution in [0, 0.1) is 11.8 Å². The van der Waals surface area contributed by atoms with Crippen molar-refractivity contribution in [1.29, 1.82) is 0 Å². The second kappa shape index (κ2) is 12.5. The summed E-state index contributed by atoms with van der Waals surface area (Å²) in [4.78, 5) is 14.7. The number of ether oxygens (including phenoxy) is 5. The zero-order valence-corrected chi connectivity index (χ0v) is 25.8. The first kappa shape index (κ1) is 30.9. The van der Waals surface area contributed by atoms with Crippen molar-refractivity contribution < 1.29 is 33.0 Å². The van der Waals surface area contributed by atoms with E-state index in [4.69, 9.17) is 23.7 Å². The lowest BCUT2D eigenvalue weighted by molar-refractivity contribution is -0.266. The Kier molecular flexibility index (Phi) is 11.0. The number of cyclic esters (lactones) is 1. The normalized spacial score (nSPS) is 31.5. The van der Waals surface area contributed by atoms with Crippen LogP contribution in [0.3, 0.4) is 0 Å². The molecule has 8 nitrogen and oxygen atoms in total. The highest BCUT2D eigenvalue weighted by molar-refractivity contribution is 14.1. The number of rotatable bonds is 11. The van der Waals surface area contributed by atoms with Gasteiger partial charge in [-0.2, -0.15) is 0 Å². The first-order chi connectivity index (χ1) is 16.2. The first-order valence-corrected chi connectivity index (χ1v) is 14.6. The van der Waals surface area contributed by atoms with Gasteiger partial charge in [0.1, 0.15) is 11.4 Å². The Morgan fingerprint density at radius 3 is 2.43 bits per heavy atom. The van der Waals surface area contributed by atoms with Crippen LogP contribution < -0.4 is 0 Å². The number of esters is 1. The third-order valence-electron chi connectivity index (χ3n) is 7.00. The van der Waals surface area contributed by atoms with Gasteiger partial charge in [0.15, 0.2) is 14.8 Å². The van der Waals surface area contributed by atoms with Crippen LogP contribution in [-0.2, 0) is 33.0 Å². The van der Waals surface area contributed by atoms with Gasteiger partial charge in [0.2, 0.25) is 5.79 Å². The predicted molar refractivity (Wildman–Crippen MR) is 144 cm³/mol. The van der Waals surface area contributed by atoms with E-state index in [9.17, 15) is 9.36 Å². The number of halogens is 1. The zero-order chi connectivity index (χ0) is 26.7. The lowest BCUT2D eigenvalue weighted by Gasteiger charge is -2.47. The molecule has 0 saturated carbocycles. The van der Waals surface area contributed by atoms with Gasteiger partial charge in [-0.3, -0.25) is 4.57 Å². The van der Waals surface area contributed by atoms with E-state index in [1.54, 1.807) is 27.9 Å². The summed E-state index contributed by atoms with van der Waals surface area (Å²) in [6, 6.07) is 0.0294. The molecule has 202 valence electrons. The van der Waals surface area contributed by atoms with Gasteiger partial charge in [0.25, 0.3) is 0 Å². The van der Waals surface area contributed by atoms with E-state index in [0.29, 0.717) is 17.3 Å². The van der Waals surface area contributed by atoms with Crippen molar-refractivity contribution in [2.24, 2.45) is 11.8 Å². The number of carbonyl (C=O) groups excluding carboxylic acids is 1. The van der Waals surface area contributed by atoms with Crippen LogP contribution in [0.2, 0.25) is 0 Å². The van der Waals surface area contributed by atoms with E-state index < -0.39 is 29.8 Å². The van der Waals surface area contributed by atoms with Crippen LogP contribution >= 0.6 is 31.1 Å². The van der Waals surface area contributed by atoms with E-state index in [2.05, 4.69) is 34.4 Å². The summed E-state index contributed by atoms with van der Waals surface area (Å²) >= 11 is 2.38. The number of alkyl halides is 1. The monoisotopic (exact) mass is 627 g/mol. The van der Waals surface area contributed by atoms with Crippen molar-refractivity contribution in [3.8, 4) is 0 Å². The smallest absolute Gasteiger partial charge is 0.340 e. The van der Waals surface area contributed by atoms with Gasteiger partial charge in [-0.1, -0.05) is 36.4 Å². The Morgan fingerprint density at radius 2 is 1.91 bits per heavy atom. The van der Waals surface area contributed by atoms with Gasteiger partial charge in [-0.25, -0.2) is 4.79 Å². The van der Waals surface area contributed by atoms with Gasteiger partial charge in [0.05, 0.1) is 23.4 Å². The maximum atomic E-state index is 12.6. The zero-order valence-electron chi connectivity index (χ0n) is 22.8. The van der Waals surface area contributed by atoms with E-state index in [-0.39, 0.29) is 32.2 Å². The number of methoxy groups -OCH3 is 1. The maximum absolute atomic E-state index is 12.6. The highest BCUT2D eigenvalue weighted by Crippen LogP contribution is 2.42. The average molecular weight is 627 g/mol. The Labute approximate surface area is 226 Å². The fourth-order valence-corrected chi connectivity index (χ4v) is 6.19. The molecule has 0 bridgehead atoms. The highest BCUT2D eigenvalue weighted by atomic mass is 127. The van der Waals surface area contributed by atoms with Gasteiger partial charge in [0, 0.05) is 37.3 Å². The summed E-state index contributed by atoms with van der Waals surface area (Å²) in [6.07, 6.45) is 0.150. The van der Waals surface area contributed by atoms with E-state index in [1.165, 1.54) is 0 Å². The fraction of sp³-hybridized carbons (Fsp3) is 0.880. The molecular weight excluding hydrogens is 584 g/mol. The molecule has 2 rings (SSSR count). The van der Waals surface area contributed by atoms with Crippen LogP contribution in [0.15, 0.2) is 11.3 Å². The minimum atomic E-state index is -1.09. The lowest BCUT2D eigenvalue weighted by Crippen LogP contribution is -2.57. The summed E-state index contributed by atoms with van der Waals surface area (Å²) in [6.45, 7) is 13.3. The van der Waals surface area contributed by atoms with Crippen LogP contribution in [0.25, 0.3) is 0 Å². The molecule has 2 heterocycles. The van der Waals surface area contributed by atoms with E-state index >= 15 is 0 Å². The molecule has 0 aromatic rings. The number of hydrogen-bond acceptors (Lipinski definition) is 8. The van der Waals surface area contributed by atoms with Gasteiger partial charge in [-0.15, -0.1) is 0 Å². The van der Waals surface area contributed by atoms with E-state index in [1.807, 2.05) is 34.9 Å². The number of hydrogen-bond donors (Lipinski definition) is 0. The summed E-state index contributed by atoms with van der Waals surface area (Å²) in [5, 5.41) is 0. The Balaban J connectivity index is 2.54. The predicted octanol–water partition coefficient (Wildman–Crippen LogP) is 5.18. The minimum absolute atomic E-state index is 0.0294. The summed E-state index contributed by atoms with van der Waals surface area (Å²) in [5.74, 6) is -0.988. The number of carbonyl (C=O) groups is 1. The van der Waals surface area contributed by atoms with Crippen molar-refractivity contribution in [3.05, 3.63) is 11.3 Å². The molecule has 2 aliphatic heterocycles. The molecule has 0 aliphatic carbocycles. The van der Waals surface area contributed by atoms with E-state index in [0.717, 1.165) is 17.3 Å². The van der Waals surface area contributed by atoms with Crippen LogP contribution in [-0.4, -0.2) is 78.1 Å². The standard InChI is InChI=1S/C25H43INO7P/c1-14(13-26)12-25(7,30-10)21(16(3)19-17(4)22(28)34-24(5,6)33-19)32-23-20(35-29)18(27(8)9)11-15(2)31-23/h14-16,18,20-21,23H,11-13H2,1-10H3/t14-,15-,16+,18?,20-,21-,23+,25-/m1/s1. The molecular formula is C25H43INO7P. The molecule has 1 unspecified atom stereocenters. The molecule has 2 aliphatic rings. The minimum Gasteiger partial charge on any atom is -0.456 e. The topological polar surface area (TPSA) is 83.5 Å². The molecule has 35 heavy (non-hydrogen) atoms. The molecule has 0 spiro atoms. The second-order valence-electron chi connectivity index (χ2n) is 10.9. The van der Waals surface area contributed by atoms with Gasteiger partial charge in [-0.05, 0) is 53.6 Å². The Bertz CT molecular complexity index is 792. The molecule has 8 atom stereocenters. The molecule has 0 N–H and O–H groups in total. The largest absolute Gasteiger partial charge is 0.456 e. The first-order valence-electron chi connectivity index (χ1n) is 12.2. The second-order valence-corrected chi connectivity index (χ2v) is 12.6. The quantitative estimate of drug-likeness (QED) is 0.134. The third kappa shape index (κ3) is 7.38. The van der Waals surface area contributed by atoms with Crippen molar-refractivity contribution >= 4 is 37.0 Å². The fourth-order valence-electron chi connectivity index (χ4n) is 5.11. The third-order valence-corrected chi connectivity index (χ3v) is 9.34. The maximum Gasteiger partial charge on any atom is 0.340 e. The van der Waals surface area contributed by atoms with Crippen molar-refractivity contribution in [2.45, 2.75) is 103 Å². The molecule has 10 heteroatoms. The van der Waals surface area contributed by atoms with Gasteiger partial charge < -0.3 is 28.6 Å². The molecule has 0 radical (unpaired) electrons. The van der Waals surface area contributed by atoms with Crippen molar-refractivity contribution in [1.82, 2.24) is 4.90 Å². The van der Waals surface area contributed by atoms with Crippen molar-refractivity contribution in [3.63, 3.8) is 0 Å². The highest BCUT2D eigenvalue weighted by Gasteiger charge is 2.49. The summed E-state index contributed by atoms with van der Waals surface area (Å²) < 4.78 is 44.0. The molecule has 0 aromatic heterocycles. The molecule has 1 saturated heterocycles. The molecule has 1 fully saturated rings. The average Bonchev–Trinajstić information content (AvgIpc) is 2.78. The summed E-state index contributed by atoms with van der Waals surface area (Å²) in [7, 11) is 5.61. The van der Waals surface area contributed by atoms with Crippen LogP contribution in [0.1, 0.15) is 61.3 Å². The van der Waals surface area contributed by atoms with Crippen LogP contribution in [0.5, 0.6) is 0 Å². The molecule has 0 aromatic carbocycles. The van der Waals surface area contributed by atoms with Crippen molar-refractivity contribution in [2.75, 3.05) is 25.6 Å². The lowest BCUT2D eigenvalue weighted by atomic mass is 9.81. The van der Waals surface area contributed by atoms with Crippen LogP contribution in [0.4, 0.5) is 0 Å². The molecule has 0 amide bonds. The Morgan fingerprint density at radius 1 is 1.29 bits per heavy atom. The van der Waals surface area contributed by atoms with Gasteiger partial charge >= 0.3 is 5.97 Å².